The molecule has 2 N–H and O–H groups in total. The minimum atomic E-state index is 0.176. The van der Waals surface area contributed by atoms with E-state index in [0.29, 0.717) is 11.4 Å². The molecule has 1 aliphatic rings. The van der Waals surface area contributed by atoms with E-state index in [1.54, 1.807) is 12.1 Å². The van der Waals surface area contributed by atoms with Gasteiger partial charge >= 0.3 is 0 Å². The normalized spacial score (nSPS) is 17.4. The van der Waals surface area contributed by atoms with E-state index in [1.165, 1.54) is 6.42 Å². The molecule has 1 unspecified atom stereocenters. The second-order valence-corrected chi connectivity index (χ2v) is 7.26. The van der Waals surface area contributed by atoms with Gasteiger partial charge in [0, 0.05) is 24.6 Å². The molecule has 2 heterocycles. The fourth-order valence-corrected chi connectivity index (χ4v) is 3.95. The lowest BCUT2D eigenvalue weighted by molar-refractivity contribution is 0.262. The molecule has 0 aliphatic carbocycles. The van der Waals surface area contributed by atoms with Gasteiger partial charge in [-0.3, -0.25) is 0 Å². The van der Waals surface area contributed by atoms with Crippen molar-refractivity contribution in [3.8, 4) is 17.1 Å². The number of aliphatic hydroxyl groups is 1. The molecular formula is C22H25N3O2. The van der Waals surface area contributed by atoms with Crippen molar-refractivity contribution in [3.05, 3.63) is 48.0 Å². The minimum Gasteiger partial charge on any atom is -0.507 e. The molecule has 0 radical (unpaired) electrons. The van der Waals surface area contributed by atoms with Crippen LogP contribution < -0.4 is 4.90 Å². The van der Waals surface area contributed by atoms with Gasteiger partial charge in [-0.1, -0.05) is 18.2 Å². The second-order valence-electron chi connectivity index (χ2n) is 7.26. The number of aryl methyl sites for hydroxylation is 1. The molecule has 1 saturated heterocycles. The van der Waals surface area contributed by atoms with Crippen molar-refractivity contribution in [2.45, 2.75) is 38.6 Å². The molecule has 5 heteroatoms. The summed E-state index contributed by atoms with van der Waals surface area (Å²) >= 11 is 0. The highest BCUT2D eigenvalue weighted by Gasteiger charge is 2.26. The lowest BCUT2D eigenvalue weighted by Gasteiger charge is -2.37. The number of phenolic OH excluding ortho intramolecular Hbond substituents is 1. The number of para-hydroxylation sites is 1. The van der Waals surface area contributed by atoms with Crippen molar-refractivity contribution in [2.75, 3.05) is 18.1 Å². The van der Waals surface area contributed by atoms with Crippen LogP contribution in [-0.2, 0) is 0 Å². The lowest BCUT2D eigenvalue weighted by Crippen LogP contribution is -2.40. The molecule has 1 atom stereocenters. The molecule has 0 bridgehead atoms. The first-order valence-electron chi connectivity index (χ1n) is 9.61. The summed E-state index contributed by atoms with van der Waals surface area (Å²) in [6, 6.07) is 13.7. The third-order valence-electron chi connectivity index (χ3n) is 5.34. The van der Waals surface area contributed by atoms with Gasteiger partial charge in [0.15, 0.2) is 5.82 Å². The van der Waals surface area contributed by atoms with Crippen LogP contribution >= 0.6 is 0 Å². The maximum atomic E-state index is 10.3. The zero-order chi connectivity index (χ0) is 18.8. The highest BCUT2D eigenvalue weighted by atomic mass is 16.3. The molecule has 0 saturated carbocycles. The third-order valence-corrected chi connectivity index (χ3v) is 5.34. The first kappa shape index (κ1) is 17.7. The Morgan fingerprint density at radius 2 is 1.96 bits per heavy atom. The van der Waals surface area contributed by atoms with E-state index < -0.39 is 0 Å². The Hall–Kier alpha value is -2.66. The Labute approximate surface area is 159 Å². The number of phenols is 1. The Bertz CT molecular complexity index is 955. The average molecular weight is 363 g/mol. The number of piperidine rings is 1. The predicted molar refractivity (Wildman–Crippen MR) is 108 cm³/mol. The van der Waals surface area contributed by atoms with Crippen molar-refractivity contribution in [3.63, 3.8) is 0 Å². The molecule has 27 heavy (non-hydrogen) atoms. The van der Waals surface area contributed by atoms with Gasteiger partial charge in [0.2, 0.25) is 0 Å². The van der Waals surface area contributed by atoms with Gasteiger partial charge in [-0.15, -0.1) is 0 Å². The number of anilines is 1. The SMILES string of the molecule is Cc1ccc2c(N3CCCCC3CCO)nc(-c3ccccc3O)nc2c1. The molecule has 1 aromatic heterocycles. The van der Waals surface area contributed by atoms with Crippen LogP contribution in [0.15, 0.2) is 42.5 Å². The summed E-state index contributed by atoms with van der Waals surface area (Å²) in [5, 5.41) is 20.8. The van der Waals surface area contributed by atoms with Gasteiger partial charge in [0.25, 0.3) is 0 Å². The zero-order valence-electron chi connectivity index (χ0n) is 15.6. The number of nitrogens with zero attached hydrogens (tertiary/aromatic N) is 3. The third kappa shape index (κ3) is 3.47. The maximum absolute atomic E-state index is 10.3. The van der Waals surface area contributed by atoms with Gasteiger partial charge in [-0.25, -0.2) is 9.97 Å². The Kier molecular flexibility index (Phi) is 4.94. The van der Waals surface area contributed by atoms with Crippen LogP contribution in [0.4, 0.5) is 5.82 Å². The minimum absolute atomic E-state index is 0.176. The van der Waals surface area contributed by atoms with Gasteiger partial charge in [0.05, 0.1) is 11.1 Å². The van der Waals surface area contributed by atoms with Crippen LogP contribution in [0.25, 0.3) is 22.3 Å². The number of rotatable bonds is 4. The van der Waals surface area contributed by atoms with E-state index in [2.05, 4.69) is 30.0 Å². The fraction of sp³-hybridized carbons (Fsp3) is 0.364. The van der Waals surface area contributed by atoms with Gasteiger partial charge in [0.1, 0.15) is 11.6 Å². The van der Waals surface area contributed by atoms with Crippen molar-refractivity contribution in [1.82, 2.24) is 9.97 Å². The maximum Gasteiger partial charge on any atom is 0.165 e. The summed E-state index contributed by atoms with van der Waals surface area (Å²) in [6.45, 7) is 3.15. The van der Waals surface area contributed by atoms with Crippen LogP contribution in [0.3, 0.4) is 0 Å². The number of aromatic hydroxyl groups is 1. The van der Waals surface area contributed by atoms with Crippen LogP contribution in [0.2, 0.25) is 0 Å². The average Bonchev–Trinajstić information content (AvgIpc) is 2.68. The van der Waals surface area contributed by atoms with Crippen LogP contribution in [0.1, 0.15) is 31.2 Å². The summed E-state index contributed by atoms with van der Waals surface area (Å²) in [4.78, 5) is 12.0. The lowest BCUT2D eigenvalue weighted by atomic mass is 9.99. The van der Waals surface area contributed by atoms with Crippen molar-refractivity contribution >= 4 is 16.7 Å². The second kappa shape index (κ2) is 7.53. The van der Waals surface area contributed by atoms with Gasteiger partial charge in [-0.05, 0) is 62.4 Å². The summed E-state index contributed by atoms with van der Waals surface area (Å²) in [5.74, 6) is 1.62. The number of fused-ring (bicyclic) bond motifs is 1. The summed E-state index contributed by atoms with van der Waals surface area (Å²) in [5.41, 5.74) is 2.66. The molecule has 2 aromatic carbocycles. The van der Waals surface area contributed by atoms with E-state index in [-0.39, 0.29) is 18.4 Å². The Morgan fingerprint density at radius 3 is 2.78 bits per heavy atom. The standard InChI is InChI=1S/C22H25N3O2/c1-15-9-10-17-19(14-15)23-21(18-7-2-3-8-20(18)27)24-22(17)25-12-5-4-6-16(25)11-13-26/h2-3,7-10,14,16,26-27H,4-6,11-13H2,1H3. The molecule has 0 spiro atoms. The van der Waals surface area contributed by atoms with Gasteiger partial charge in [-0.2, -0.15) is 0 Å². The molecular weight excluding hydrogens is 338 g/mol. The smallest absolute Gasteiger partial charge is 0.165 e. The molecule has 1 fully saturated rings. The number of benzene rings is 2. The Morgan fingerprint density at radius 1 is 1.11 bits per heavy atom. The summed E-state index contributed by atoms with van der Waals surface area (Å²) in [7, 11) is 0. The molecule has 1 aliphatic heterocycles. The number of aromatic nitrogens is 2. The van der Waals surface area contributed by atoms with E-state index >= 15 is 0 Å². The van der Waals surface area contributed by atoms with Crippen LogP contribution in [-0.4, -0.2) is 39.4 Å². The van der Waals surface area contributed by atoms with Crippen molar-refractivity contribution in [1.29, 1.82) is 0 Å². The van der Waals surface area contributed by atoms with Crippen molar-refractivity contribution < 1.29 is 10.2 Å². The highest BCUT2D eigenvalue weighted by Crippen LogP contribution is 2.34. The van der Waals surface area contributed by atoms with E-state index in [4.69, 9.17) is 9.97 Å². The fourth-order valence-electron chi connectivity index (χ4n) is 3.95. The molecule has 140 valence electrons. The van der Waals surface area contributed by atoms with E-state index in [0.717, 1.165) is 48.1 Å². The first-order chi connectivity index (χ1) is 13.2. The monoisotopic (exact) mass is 363 g/mol. The summed E-state index contributed by atoms with van der Waals surface area (Å²) < 4.78 is 0. The zero-order valence-corrected chi connectivity index (χ0v) is 15.6. The molecule has 3 aromatic rings. The van der Waals surface area contributed by atoms with Crippen LogP contribution in [0, 0.1) is 6.92 Å². The van der Waals surface area contributed by atoms with Crippen LogP contribution in [0.5, 0.6) is 5.75 Å². The summed E-state index contributed by atoms with van der Waals surface area (Å²) in [6.07, 6.45) is 4.09. The number of hydrogen-bond donors (Lipinski definition) is 2. The topological polar surface area (TPSA) is 69.5 Å². The Balaban J connectivity index is 1.91. The number of aliphatic hydroxyl groups excluding tert-OH is 1. The number of hydrogen-bond acceptors (Lipinski definition) is 5. The quantitative estimate of drug-likeness (QED) is 0.732. The van der Waals surface area contributed by atoms with Gasteiger partial charge < -0.3 is 15.1 Å². The molecule has 4 rings (SSSR count). The first-order valence-corrected chi connectivity index (χ1v) is 9.61. The van der Waals surface area contributed by atoms with E-state index in [9.17, 15) is 10.2 Å². The van der Waals surface area contributed by atoms with Crippen molar-refractivity contribution in [2.24, 2.45) is 0 Å². The largest absolute Gasteiger partial charge is 0.507 e. The van der Waals surface area contributed by atoms with E-state index in [1.807, 2.05) is 12.1 Å². The highest BCUT2D eigenvalue weighted by molar-refractivity contribution is 5.92. The molecule has 0 amide bonds. The molecule has 5 nitrogen and oxygen atoms in total. The predicted octanol–water partition coefficient (Wildman–Crippen LogP) is 4.05.